The van der Waals surface area contributed by atoms with Crippen molar-refractivity contribution in [3.8, 4) is 0 Å². The molecule has 28 heavy (non-hydrogen) atoms. The highest BCUT2D eigenvalue weighted by Gasteiger charge is 2.36. The molecule has 3 atom stereocenters. The summed E-state index contributed by atoms with van der Waals surface area (Å²) < 4.78 is 1.67. The van der Waals surface area contributed by atoms with Gasteiger partial charge in [-0.1, -0.05) is 12.1 Å². The van der Waals surface area contributed by atoms with Gasteiger partial charge in [0.2, 0.25) is 5.28 Å². The Morgan fingerprint density at radius 2 is 2.18 bits per heavy atom. The van der Waals surface area contributed by atoms with Gasteiger partial charge >= 0.3 is 5.97 Å². The molecule has 146 valence electrons. The van der Waals surface area contributed by atoms with E-state index in [0.29, 0.717) is 29.3 Å². The fraction of sp³-hybridized carbons (Fsp3) is 0.294. The van der Waals surface area contributed by atoms with Gasteiger partial charge in [-0.3, -0.25) is 4.57 Å². The monoisotopic (exact) mass is 421 g/mol. The number of nitrogens with zero attached hydrogens (tertiary/aromatic N) is 4. The number of carboxylic acid groups (broad SMARTS) is 1. The highest BCUT2D eigenvalue weighted by molar-refractivity contribution is 7.99. The summed E-state index contributed by atoms with van der Waals surface area (Å²) in [5.41, 5.74) is 1.85. The van der Waals surface area contributed by atoms with Crippen LogP contribution < -0.4 is 5.32 Å². The molecule has 1 aliphatic rings. The number of aromatic carboxylic acids is 1. The van der Waals surface area contributed by atoms with E-state index in [9.17, 15) is 15.0 Å². The minimum absolute atomic E-state index is 0.00840. The van der Waals surface area contributed by atoms with E-state index in [-0.39, 0.29) is 10.8 Å². The van der Waals surface area contributed by atoms with Crippen LogP contribution in [0.3, 0.4) is 0 Å². The van der Waals surface area contributed by atoms with Crippen molar-refractivity contribution in [2.24, 2.45) is 0 Å². The predicted molar refractivity (Wildman–Crippen MR) is 105 cm³/mol. The van der Waals surface area contributed by atoms with Gasteiger partial charge in [-0.2, -0.15) is 9.97 Å². The van der Waals surface area contributed by atoms with Gasteiger partial charge in [0, 0.05) is 12.3 Å². The van der Waals surface area contributed by atoms with Crippen molar-refractivity contribution in [3.63, 3.8) is 0 Å². The lowest BCUT2D eigenvalue weighted by molar-refractivity contribution is 0.0313. The number of anilines is 1. The number of imidazole rings is 1. The number of aliphatic hydroxyl groups excluding tert-OH is 2. The normalized spacial score (nSPS) is 21.9. The number of aromatic nitrogens is 4. The van der Waals surface area contributed by atoms with E-state index in [1.807, 2.05) is 0 Å². The molecule has 3 heterocycles. The second-order valence-corrected chi connectivity index (χ2v) is 7.79. The minimum Gasteiger partial charge on any atom is -0.478 e. The van der Waals surface area contributed by atoms with E-state index in [0.717, 1.165) is 5.56 Å². The van der Waals surface area contributed by atoms with Crippen molar-refractivity contribution in [1.29, 1.82) is 0 Å². The molecular weight excluding hydrogens is 406 g/mol. The van der Waals surface area contributed by atoms with Crippen molar-refractivity contribution >= 4 is 46.3 Å². The molecule has 11 heteroatoms. The average molecular weight is 422 g/mol. The standard InChI is InChI=1S/C17H16ClN5O4S/c18-17-21-13(19-5-8-2-1-3-9(4-8)16(26)27)11-14(22-17)23(7-20-11)15-12(25)10(24)6-28-15/h1-4,7,10,12,15,24-25H,5-6H2,(H,26,27)(H,19,21,22)/t10?,12?,15-/m1/s1. The van der Waals surface area contributed by atoms with Crippen LogP contribution in [0.4, 0.5) is 5.82 Å². The zero-order chi connectivity index (χ0) is 19.8. The zero-order valence-electron chi connectivity index (χ0n) is 14.4. The van der Waals surface area contributed by atoms with Crippen LogP contribution >= 0.6 is 23.4 Å². The zero-order valence-corrected chi connectivity index (χ0v) is 15.9. The third-order valence-corrected chi connectivity index (χ3v) is 5.98. The molecule has 0 aliphatic carbocycles. The van der Waals surface area contributed by atoms with Crippen LogP contribution in [0.15, 0.2) is 30.6 Å². The smallest absolute Gasteiger partial charge is 0.335 e. The lowest BCUT2D eigenvalue weighted by Crippen LogP contribution is -2.27. The first-order valence-corrected chi connectivity index (χ1v) is 9.80. The minimum atomic E-state index is -0.997. The Balaban J connectivity index is 1.63. The number of hydrogen-bond acceptors (Lipinski definition) is 8. The maximum Gasteiger partial charge on any atom is 0.335 e. The van der Waals surface area contributed by atoms with Gasteiger partial charge in [0.1, 0.15) is 11.5 Å². The van der Waals surface area contributed by atoms with Gasteiger partial charge in [0.05, 0.1) is 18.0 Å². The molecule has 4 rings (SSSR count). The van der Waals surface area contributed by atoms with Crippen LogP contribution in [0.2, 0.25) is 5.28 Å². The quantitative estimate of drug-likeness (QED) is 0.454. The number of carbonyl (C=O) groups is 1. The van der Waals surface area contributed by atoms with Crippen molar-refractivity contribution in [2.45, 2.75) is 24.1 Å². The van der Waals surface area contributed by atoms with E-state index in [1.165, 1.54) is 24.2 Å². The van der Waals surface area contributed by atoms with Gasteiger partial charge in [0.15, 0.2) is 17.0 Å². The number of aliphatic hydroxyl groups is 2. The molecule has 3 aromatic rings. The molecular formula is C17H16ClN5O4S. The van der Waals surface area contributed by atoms with Crippen LogP contribution in [-0.2, 0) is 6.54 Å². The largest absolute Gasteiger partial charge is 0.478 e. The Kier molecular flexibility index (Phi) is 5.11. The van der Waals surface area contributed by atoms with Crippen LogP contribution in [0.25, 0.3) is 11.2 Å². The van der Waals surface area contributed by atoms with E-state index < -0.39 is 23.6 Å². The number of halogens is 1. The third kappa shape index (κ3) is 3.51. The van der Waals surface area contributed by atoms with E-state index >= 15 is 0 Å². The molecule has 2 aromatic heterocycles. The topological polar surface area (TPSA) is 133 Å². The number of rotatable bonds is 5. The molecule has 0 radical (unpaired) electrons. The molecule has 1 saturated heterocycles. The Morgan fingerprint density at radius 3 is 2.89 bits per heavy atom. The highest BCUT2D eigenvalue weighted by atomic mass is 35.5. The lowest BCUT2D eigenvalue weighted by Gasteiger charge is -2.17. The average Bonchev–Trinajstić information content (AvgIpc) is 3.23. The summed E-state index contributed by atoms with van der Waals surface area (Å²) in [6.07, 6.45) is -0.222. The number of nitrogens with one attached hydrogen (secondary N) is 1. The summed E-state index contributed by atoms with van der Waals surface area (Å²) in [4.78, 5) is 23.9. The van der Waals surface area contributed by atoms with E-state index in [4.69, 9.17) is 16.7 Å². The maximum absolute atomic E-state index is 11.1. The fourth-order valence-electron chi connectivity index (χ4n) is 3.03. The number of thioether (sulfide) groups is 1. The summed E-state index contributed by atoms with van der Waals surface area (Å²) in [5, 5.41) is 31.8. The fourth-order valence-corrected chi connectivity index (χ4v) is 4.48. The first kappa shape index (κ1) is 18.9. The molecule has 9 nitrogen and oxygen atoms in total. The number of fused-ring (bicyclic) bond motifs is 1. The molecule has 4 N–H and O–H groups in total. The summed E-state index contributed by atoms with van der Waals surface area (Å²) in [6.45, 7) is 0.315. The maximum atomic E-state index is 11.1. The van der Waals surface area contributed by atoms with Crippen molar-refractivity contribution in [1.82, 2.24) is 19.5 Å². The lowest BCUT2D eigenvalue weighted by atomic mass is 10.1. The van der Waals surface area contributed by atoms with Crippen LogP contribution in [-0.4, -0.2) is 58.8 Å². The third-order valence-electron chi connectivity index (χ3n) is 4.43. The highest BCUT2D eigenvalue weighted by Crippen LogP contribution is 2.38. The van der Waals surface area contributed by atoms with Gasteiger partial charge in [-0.05, 0) is 29.3 Å². The summed E-state index contributed by atoms with van der Waals surface area (Å²) in [6, 6.07) is 6.56. The molecule has 0 amide bonds. The Bertz CT molecular complexity index is 1050. The van der Waals surface area contributed by atoms with Gasteiger partial charge < -0.3 is 20.6 Å². The second kappa shape index (κ2) is 7.55. The summed E-state index contributed by atoms with van der Waals surface area (Å²) in [5.74, 6) is -0.189. The van der Waals surface area contributed by atoms with Gasteiger partial charge in [-0.15, -0.1) is 11.8 Å². The van der Waals surface area contributed by atoms with Gasteiger partial charge in [0.25, 0.3) is 0 Å². The molecule has 0 spiro atoms. The van der Waals surface area contributed by atoms with Crippen LogP contribution in [0.5, 0.6) is 0 Å². The van der Waals surface area contributed by atoms with Crippen LogP contribution in [0, 0.1) is 0 Å². The van der Waals surface area contributed by atoms with Crippen LogP contribution in [0.1, 0.15) is 21.3 Å². The van der Waals surface area contributed by atoms with Gasteiger partial charge in [-0.25, -0.2) is 9.78 Å². The number of hydrogen-bond donors (Lipinski definition) is 4. The molecule has 0 bridgehead atoms. The van der Waals surface area contributed by atoms with Crippen molar-refractivity contribution in [2.75, 3.05) is 11.1 Å². The van der Waals surface area contributed by atoms with Crippen molar-refractivity contribution in [3.05, 3.63) is 47.0 Å². The SMILES string of the molecule is O=C(O)c1cccc(CNc2nc(Cl)nc3c2ncn3[C@@H]2SCC(O)C2O)c1. The predicted octanol–water partition coefficient (Wildman–Crippen LogP) is 1.76. The summed E-state index contributed by atoms with van der Waals surface area (Å²) >= 11 is 7.47. The molecule has 0 saturated carbocycles. The van der Waals surface area contributed by atoms with E-state index in [1.54, 1.807) is 22.8 Å². The molecule has 1 aliphatic heterocycles. The number of benzene rings is 1. The molecule has 1 fully saturated rings. The second-order valence-electron chi connectivity index (χ2n) is 6.31. The van der Waals surface area contributed by atoms with Crippen molar-refractivity contribution < 1.29 is 20.1 Å². The Hall–Kier alpha value is -2.40. The first-order valence-electron chi connectivity index (χ1n) is 8.38. The Labute approximate surface area is 168 Å². The van der Waals surface area contributed by atoms with E-state index in [2.05, 4.69) is 20.3 Å². The Morgan fingerprint density at radius 1 is 1.36 bits per heavy atom. The molecule has 1 aromatic carbocycles. The summed E-state index contributed by atoms with van der Waals surface area (Å²) in [7, 11) is 0. The number of carboxylic acids is 1. The first-order chi connectivity index (χ1) is 13.4. The molecule has 2 unspecified atom stereocenters.